The molecule has 2 fully saturated rings. The van der Waals surface area contributed by atoms with Crippen LogP contribution in [0, 0.1) is 30.1 Å². The number of piperazine rings is 1. The topological polar surface area (TPSA) is 68.9 Å². The minimum atomic E-state index is 0.269. The Bertz CT molecular complexity index is 922. The van der Waals surface area contributed by atoms with Crippen molar-refractivity contribution in [2.75, 3.05) is 24.5 Å². The molecule has 2 saturated heterocycles. The molecule has 27 heavy (non-hydrogen) atoms. The maximum Gasteiger partial charge on any atom is 0.183 e. The molecule has 0 unspecified atom stereocenters. The molecule has 6 nitrogen and oxygen atoms in total. The summed E-state index contributed by atoms with van der Waals surface area (Å²) in [5, 5.41) is 9.31. The van der Waals surface area contributed by atoms with E-state index in [1.807, 2.05) is 18.3 Å². The molecule has 0 aliphatic carbocycles. The van der Waals surface area contributed by atoms with E-state index in [-0.39, 0.29) is 6.04 Å². The van der Waals surface area contributed by atoms with Gasteiger partial charge < -0.3 is 4.90 Å². The van der Waals surface area contributed by atoms with Crippen LogP contribution in [-0.4, -0.2) is 51.6 Å². The Morgan fingerprint density at radius 3 is 2.85 bits per heavy atom. The molecule has 136 valence electrons. The molecular weight excluding hydrogens is 336 g/mol. The monoisotopic (exact) mass is 358 g/mol. The minimum Gasteiger partial charge on any atom is -0.351 e. The van der Waals surface area contributed by atoms with Crippen LogP contribution in [-0.2, 0) is 0 Å². The van der Waals surface area contributed by atoms with E-state index in [0.717, 1.165) is 38.2 Å². The van der Waals surface area contributed by atoms with E-state index >= 15 is 0 Å². The smallest absolute Gasteiger partial charge is 0.183 e. The minimum absolute atomic E-state index is 0.269. The molecule has 2 aromatic rings. The molecule has 0 spiro atoms. The number of pyridine rings is 1. The van der Waals surface area contributed by atoms with Crippen LogP contribution in [0.15, 0.2) is 30.7 Å². The Morgan fingerprint density at radius 1 is 1.11 bits per heavy atom. The highest BCUT2D eigenvalue weighted by Gasteiger charge is 2.35. The molecule has 0 bridgehead atoms. The maximum atomic E-state index is 9.31. The number of piperidine rings is 1. The lowest BCUT2D eigenvalue weighted by Crippen LogP contribution is -2.58. The van der Waals surface area contributed by atoms with Crippen molar-refractivity contribution in [3.05, 3.63) is 47.7 Å². The van der Waals surface area contributed by atoms with Gasteiger partial charge in [0.15, 0.2) is 11.5 Å². The van der Waals surface area contributed by atoms with Gasteiger partial charge in [-0.1, -0.05) is 5.92 Å². The van der Waals surface area contributed by atoms with Gasteiger partial charge in [-0.05, 0) is 49.8 Å². The molecule has 0 radical (unpaired) electrons. The molecule has 0 aromatic carbocycles. The standard InChI is InChI=1S/C21H22N6/c1-16-7-8-23-17(13-16)5-6-18-3-2-4-19-15-26(11-12-27(18)19)21-20(14-22)24-9-10-25-21/h7-10,13,18-19H,2-4,11-12,15H2,1H3/t18-,19+/m1/s1. The fourth-order valence-corrected chi connectivity index (χ4v) is 4.00. The van der Waals surface area contributed by atoms with Crippen LogP contribution in [0.4, 0.5) is 5.82 Å². The number of nitrogens with zero attached hydrogens (tertiary/aromatic N) is 6. The van der Waals surface area contributed by atoms with Gasteiger partial charge in [-0.25, -0.2) is 15.0 Å². The van der Waals surface area contributed by atoms with Crippen molar-refractivity contribution in [1.29, 1.82) is 5.26 Å². The van der Waals surface area contributed by atoms with Crippen LogP contribution in [0.3, 0.4) is 0 Å². The summed E-state index contributed by atoms with van der Waals surface area (Å²) in [6, 6.07) is 6.88. The van der Waals surface area contributed by atoms with Gasteiger partial charge in [0.2, 0.25) is 0 Å². The van der Waals surface area contributed by atoms with E-state index in [9.17, 15) is 5.26 Å². The van der Waals surface area contributed by atoms with Crippen LogP contribution in [0.2, 0.25) is 0 Å². The Balaban J connectivity index is 1.49. The highest BCUT2D eigenvalue weighted by Crippen LogP contribution is 2.28. The van der Waals surface area contributed by atoms with E-state index in [1.165, 1.54) is 12.0 Å². The number of rotatable bonds is 1. The van der Waals surface area contributed by atoms with Gasteiger partial charge in [0.25, 0.3) is 0 Å². The number of fused-ring (bicyclic) bond motifs is 1. The first kappa shape index (κ1) is 17.5. The third kappa shape index (κ3) is 3.77. The van der Waals surface area contributed by atoms with Crippen molar-refractivity contribution in [2.24, 2.45) is 0 Å². The Labute approximate surface area is 159 Å². The first-order chi connectivity index (χ1) is 13.2. The third-order valence-electron chi connectivity index (χ3n) is 5.31. The summed E-state index contributed by atoms with van der Waals surface area (Å²) in [6.45, 7) is 4.69. The molecule has 4 rings (SSSR count). The fourth-order valence-electron chi connectivity index (χ4n) is 4.00. The second-order valence-corrected chi connectivity index (χ2v) is 7.11. The molecule has 0 saturated carbocycles. The van der Waals surface area contributed by atoms with E-state index in [1.54, 1.807) is 12.4 Å². The van der Waals surface area contributed by atoms with Crippen molar-refractivity contribution in [2.45, 2.75) is 38.3 Å². The summed E-state index contributed by atoms with van der Waals surface area (Å²) in [7, 11) is 0. The highest BCUT2D eigenvalue weighted by atomic mass is 15.3. The molecule has 2 atom stereocenters. The molecule has 6 heteroatoms. The van der Waals surface area contributed by atoms with E-state index in [4.69, 9.17) is 0 Å². The summed E-state index contributed by atoms with van der Waals surface area (Å²) in [5.41, 5.74) is 2.43. The van der Waals surface area contributed by atoms with E-state index in [0.29, 0.717) is 17.6 Å². The lowest BCUT2D eigenvalue weighted by atomic mass is 9.93. The van der Waals surface area contributed by atoms with Crippen molar-refractivity contribution in [3.63, 3.8) is 0 Å². The Morgan fingerprint density at radius 2 is 2.00 bits per heavy atom. The summed E-state index contributed by atoms with van der Waals surface area (Å²) >= 11 is 0. The molecule has 2 aromatic heterocycles. The number of anilines is 1. The molecule has 2 aliphatic rings. The molecule has 4 heterocycles. The predicted octanol–water partition coefficient (Wildman–Crippen LogP) is 2.15. The average Bonchev–Trinajstić information content (AvgIpc) is 2.71. The molecule has 2 aliphatic heterocycles. The zero-order chi connectivity index (χ0) is 18.6. The molecule has 0 amide bonds. The third-order valence-corrected chi connectivity index (χ3v) is 5.31. The zero-order valence-electron chi connectivity index (χ0n) is 15.5. The maximum absolute atomic E-state index is 9.31. The average molecular weight is 358 g/mol. The van der Waals surface area contributed by atoms with Crippen molar-refractivity contribution >= 4 is 5.82 Å². The zero-order valence-corrected chi connectivity index (χ0v) is 15.5. The second-order valence-electron chi connectivity index (χ2n) is 7.11. The van der Waals surface area contributed by atoms with Gasteiger partial charge in [0.1, 0.15) is 11.8 Å². The largest absolute Gasteiger partial charge is 0.351 e. The fraction of sp³-hybridized carbons (Fsp3) is 0.429. The number of aryl methyl sites for hydroxylation is 1. The molecular formula is C21H22N6. The number of hydrogen-bond acceptors (Lipinski definition) is 6. The first-order valence-corrected chi connectivity index (χ1v) is 9.40. The van der Waals surface area contributed by atoms with Gasteiger partial charge in [-0.3, -0.25) is 4.90 Å². The summed E-state index contributed by atoms with van der Waals surface area (Å²) in [5.74, 6) is 7.43. The van der Waals surface area contributed by atoms with Crippen LogP contribution in [0.25, 0.3) is 0 Å². The Kier molecular flexibility index (Phi) is 5.00. The van der Waals surface area contributed by atoms with Crippen molar-refractivity contribution in [3.8, 4) is 17.9 Å². The van der Waals surface area contributed by atoms with E-state index in [2.05, 4.69) is 49.6 Å². The summed E-state index contributed by atoms with van der Waals surface area (Å²) < 4.78 is 0. The van der Waals surface area contributed by atoms with Crippen LogP contribution in [0.5, 0.6) is 0 Å². The molecule has 0 N–H and O–H groups in total. The lowest BCUT2D eigenvalue weighted by molar-refractivity contribution is 0.100. The summed E-state index contributed by atoms with van der Waals surface area (Å²) in [4.78, 5) is 17.6. The lowest BCUT2D eigenvalue weighted by Gasteiger charge is -2.47. The van der Waals surface area contributed by atoms with Crippen LogP contribution < -0.4 is 4.90 Å². The van der Waals surface area contributed by atoms with Gasteiger partial charge in [0, 0.05) is 44.3 Å². The van der Waals surface area contributed by atoms with Gasteiger partial charge in [0.05, 0.1) is 6.04 Å². The predicted molar refractivity (Wildman–Crippen MR) is 103 cm³/mol. The first-order valence-electron chi connectivity index (χ1n) is 9.40. The number of nitriles is 1. The van der Waals surface area contributed by atoms with Crippen molar-refractivity contribution < 1.29 is 0 Å². The number of aromatic nitrogens is 3. The highest BCUT2D eigenvalue weighted by molar-refractivity contribution is 5.50. The van der Waals surface area contributed by atoms with Gasteiger partial charge in [-0.2, -0.15) is 5.26 Å². The summed E-state index contributed by atoms with van der Waals surface area (Å²) in [6.07, 6.45) is 8.47. The van der Waals surface area contributed by atoms with Crippen LogP contribution in [0.1, 0.15) is 36.2 Å². The van der Waals surface area contributed by atoms with E-state index < -0.39 is 0 Å². The number of hydrogen-bond donors (Lipinski definition) is 0. The van der Waals surface area contributed by atoms with Crippen LogP contribution >= 0.6 is 0 Å². The quantitative estimate of drug-likeness (QED) is 0.728. The SMILES string of the molecule is Cc1ccnc(C#C[C@H]2CCC[C@H]3CN(c4nccnc4C#N)CCN32)c1. The second kappa shape index (κ2) is 7.73. The van der Waals surface area contributed by atoms with Gasteiger partial charge >= 0.3 is 0 Å². The normalized spacial score (nSPS) is 22.3. The van der Waals surface area contributed by atoms with Crippen molar-refractivity contribution in [1.82, 2.24) is 19.9 Å². The Hall–Kier alpha value is -2.96. The van der Waals surface area contributed by atoms with Gasteiger partial charge in [-0.15, -0.1) is 0 Å².